The molecule has 1 N–H and O–H groups in total. The van der Waals surface area contributed by atoms with Crippen molar-refractivity contribution in [1.82, 2.24) is 15.0 Å². The zero-order valence-corrected chi connectivity index (χ0v) is 12.7. The van der Waals surface area contributed by atoms with Gasteiger partial charge in [0.05, 0.1) is 21.3 Å². The van der Waals surface area contributed by atoms with Crippen LogP contribution in [-0.2, 0) is 6.54 Å². The maximum Gasteiger partial charge on any atom is 0.241 e. The van der Waals surface area contributed by atoms with E-state index in [-0.39, 0.29) is 6.10 Å². The lowest BCUT2D eigenvalue weighted by Crippen LogP contribution is -2.37. The number of nitrogens with zero attached hydrogens (tertiary/aromatic N) is 3. The third kappa shape index (κ3) is 3.22. The molecule has 1 fully saturated rings. The van der Waals surface area contributed by atoms with Gasteiger partial charge in [0.1, 0.15) is 0 Å². The summed E-state index contributed by atoms with van der Waals surface area (Å²) in [4.78, 5) is 7.54. The first-order valence-corrected chi connectivity index (χ1v) is 7.80. The van der Waals surface area contributed by atoms with Gasteiger partial charge in [0.2, 0.25) is 11.7 Å². The Morgan fingerprint density at radius 3 is 3.16 bits per heavy atom. The van der Waals surface area contributed by atoms with Gasteiger partial charge in [-0.25, -0.2) is 0 Å². The van der Waals surface area contributed by atoms with Crippen molar-refractivity contribution < 1.29 is 9.63 Å². The summed E-state index contributed by atoms with van der Waals surface area (Å²) in [5.41, 5.74) is 0. The number of hydrogen-bond donors (Lipinski definition) is 1. The smallest absolute Gasteiger partial charge is 0.241 e. The number of aromatic nitrogens is 2. The number of piperidine rings is 1. The van der Waals surface area contributed by atoms with Crippen molar-refractivity contribution in [2.45, 2.75) is 25.5 Å². The van der Waals surface area contributed by atoms with Crippen molar-refractivity contribution in [3.63, 3.8) is 0 Å². The fourth-order valence-electron chi connectivity index (χ4n) is 2.22. The first-order valence-electron chi connectivity index (χ1n) is 6.19. The normalized spacial score (nSPS) is 20.8. The van der Waals surface area contributed by atoms with E-state index in [1.165, 1.54) is 0 Å². The lowest BCUT2D eigenvalue weighted by molar-refractivity contribution is 0.0613. The van der Waals surface area contributed by atoms with Gasteiger partial charge in [0.25, 0.3) is 0 Å². The fourth-order valence-corrected chi connectivity index (χ4v) is 3.53. The maximum absolute atomic E-state index is 9.63. The van der Waals surface area contributed by atoms with Crippen LogP contribution in [0.5, 0.6) is 0 Å². The molecule has 1 aliphatic rings. The van der Waals surface area contributed by atoms with Crippen LogP contribution in [-0.4, -0.2) is 39.3 Å². The average molecular weight is 344 g/mol. The number of thiophene rings is 1. The lowest BCUT2D eigenvalue weighted by Gasteiger charge is -2.28. The second-order valence-corrected chi connectivity index (χ2v) is 7.11. The van der Waals surface area contributed by atoms with Gasteiger partial charge in [-0.15, -0.1) is 11.3 Å². The first-order chi connectivity index (χ1) is 9.20. The molecule has 1 atom stereocenters. The Kier molecular flexibility index (Phi) is 3.97. The molecule has 5 nitrogen and oxygen atoms in total. The summed E-state index contributed by atoms with van der Waals surface area (Å²) in [6.45, 7) is 2.26. The fraction of sp³-hybridized carbons (Fsp3) is 0.500. The van der Waals surface area contributed by atoms with E-state index in [2.05, 4.69) is 31.0 Å². The van der Waals surface area contributed by atoms with Crippen LogP contribution >= 0.6 is 27.3 Å². The highest BCUT2D eigenvalue weighted by Gasteiger charge is 2.20. The van der Waals surface area contributed by atoms with Crippen molar-refractivity contribution in [3.8, 4) is 10.7 Å². The number of β-amino-alcohol motifs (C(OH)–C–C–N with tert-alkyl or cyclic N) is 1. The summed E-state index contributed by atoms with van der Waals surface area (Å²) >= 11 is 5.00. The Bertz CT molecular complexity index is 557. The molecule has 19 heavy (non-hydrogen) atoms. The molecule has 102 valence electrons. The van der Waals surface area contributed by atoms with E-state index in [0.29, 0.717) is 24.8 Å². The van der Waals surface area contributed by atoms with Crippen LogP contribution < -0.4 is 0 Å². The maximum atomic E-state index is 9.63. The molecular formula is C12H14BrN3O2S. The molecule has 3 rings (SSSR count). The summed E-state index contributed by atoms with van der Waals surface area (Å²) in [5.74, 6) is 1.23. The molecule has 0 radical (unpaired) electrons. The Morgan fingerprint density at radius 1 is 1.53 bits per heavy atom. The van der Waals surface area contributed by atoms with Gasteiger partial charge in [-0.2, -0.15) is 4.98 Å². The molecule has 0 unspecified atom stereocenters. The van der Waals surface area contributed by atoms with E-state index in [9.17, 15) is 5.11 Å². The minimum absolute atomic E-state index is 0.232. The first kappa shape index (κ1) is 13.2. The van der Waals surface area contributed by atoms with Crippen LogP contribution in [0.25, 0.3) is 10.7 Å². The van der Waals surface area contributed by atoms with Gasteiger partial charge in [-0.3, -0.25) is 4.90 Å². The highest BCUT2D eigenvalue weighted by atomic mass is 79.9. The van der Waals surface area contributed by atoms with Gasteiger partial charge in [0, 0.05) is 6.54 Å². The average Bonchev–Trinajstić information content (AvgIpc) is 2.98. The molecule has 2 aromatic heterocycles. The predicted octanol–water partition coefficient (Wildman–Crippen LogP) is 2.52. The van der Waals surface area contributed by atoms with Crippen LogP contribution in [0.2, 0.25) is 0 Å². The van der Waals surface area contributed by atoms with E-state index in [4.69, 9.17) is 4.52 Å². The van der Waals surface area contributed by atoms with Crippen LogP contribution in [0, 0.1) is 0 Å². The topological polar surface area (TPSA) is 62.4 Å². The molecule has 1 aliphatic heterocycles. The number of rotatable bonds is 3. The van der Waals surface area contributed by atoms with Gasteiger partial charge in [-0.1, -0.05) is 5.16 Å². The number of aliphatic hydroxyl groups excluding tert-OH is 1. The van der Waals surface area contributed by atoms with Crippen molar-refractivity contribution in [2.75, 3.05) is 13.1 Å². The quantitative estimate of drug-likeness (QED) is 0.927. The molecular weight excluding hydrogens is 330 g/mol. The molecule has 0 aromatic carbocycles. The lowest BCUT2D eigenvalue weighted by atomic mass is 10.1. The third-order valence-corrected chi connectivity index (χ3v) is 4.72. The summed E-state index contributed by atoms with van der Waals surface area (Å²) in [6.07, 6.45) is 1.67. The van der Waals surface area contributed by atoms with Gasteiger partial charge in [0.15, 0.2) is 0 Å². The SMILES string of the molecule is O[C@@H]1CCCN(Cc2nc(-c3ccc(Br)s3)no2)C1. The largest absolute Gasteiger partial charge is 0.392 e. The van der Waals surface area contributed by atoms with Crippen molar-refractivity contribution in [2.24, 2.45) is 0 Å². The number of aliphatic hydroxyl groups is 1. The molecule has 0 amide bonds. The summed E-state index contributed by atoms with van der Waals surface area (Å²) in [5, 5.41) is 13.6. The highest BCUT2D eigenvalue weighted by Crippen LogP contribution is 2.29. The van der Waals surface area contributed by atoms with Gasteiger partial charge >= 0.3 is 0 Å². The minimum atomic E-state index is -0.232. The van der Waals surface area contributed by atoms with Crippen LogP contribution in [0.4, 0.5) is 0 Å². The van der Waals surface area contributed by atoms with Crippen LogP contribution in [0.3, 0.4) is 0 Å². The minimum Gasteiger partial charge on any atom is -0.392 e. The van der Waals surface area contributed by atoms with Crippen molar-refractivity contribution in [1.29, 1.82) is 0 Å². The second kappa shape index (κ2) is 5.70. The Labute approximate surface area is 123 Å². The molecule has 0 spiro atoms. The van der Waals surface area contributed by atoms with E-state index >= 15 is 0 Å². The zero-order chi connectivity index (χ0) is 13.2. The summed E-state index contributed by atoms with van der Waals surface area (Å²) < 4.78 is 6.32. The van der Waals surface area contributed by atoms with Crippen LogP contribution in [0.15, 0.2) is 20.4 Å². The molecule has 3 heterocycles. The molecule has 0 saturated carbocycles. The van der Waals surface area contributed by atoms with E-state index in [1.54, 1.807) is 11.3 Å². The van der Waals surface area contributed by atoms with Gasteiger partial charge in [-0.05, 0) is 47.4 Å². The Morgan fingerprint density at radius 2 is 2.42 bits per heavy atom. The Balaban J connectivity index is 1.68. The summed E-state index contributed by atoms with van der Waals surface area (Å²) in [6, 6.07) is 3.94. The third-order valence-electron chi connectivity index (χ3n) is 3.10. The molecule has 0 aliphatic carbocycles. The predicted molar refractivity (Wildman–Crippen MR) is 75.8 cm³/mol. The number of likely N-dealkylation sites (tertiary alicyclic amines) is 1. The van der Waals surface area contributed by atoms with E-state index < -0.39 is 0 Å². The van der Waals surface area contributed by atoms with Crippen molar-refractivity contribution in [3.05, 3.63) is 21.8 Å². The van der Waals surface area contributed by atoms with E-state index in [1.807, 2.05) is 12.1 Å². The van der Waals surface area contributed by atoms with Gasteiger partial charge < -0.3 is 9.63 Å². The number of hydrogen-bond acceptors (Lipinski definition) is 6. The zero-order valence-electron chi connectivity index (χ0n) is 10.3. The van der Waals surface area contributed by atoms with Crippen LogP contribution in [0.1, 0.15) is 18.7 Å². The number of halogens is 1. The standard InChI is InChI=1S/C12H14BrN3O2S/c13-10-4-3-9(19-10)12-14-11(18-15-12)7-16-5-1-2-8(17)6-16/h3-4,8,17H,1-2,5-7H2/t8-/m1/s1. The highest BCUT2D eigenvalue weighted by molar-refractivity contribution is 9.11. The monoisotopic (exact) mass is 343 g/mol. The molecule has 2 aromatic rings. The second-order valence-electron chi connectivity index (χ2n) is 4.65. The Hall–Kier alpha value is -0.760. The molecule has 0 bridgehead atoms. The van der Waals surface area contributed by atoms with E-state index in [0.717, 1.165) is 28.0 Å². The molecule has 1 saturated heterocycles. The van der Waals surface area contributed by atoms with Crippen molar-refractivity contribution >= 4 is 27.3 Å². The summed E-state index contributed by atoms with van der Waals surface area (Å²) in [7, 11) is 0. The molecule has 7 heteroatoms.